The van der Waals surface area contributed by atoms with E-state index in [0.29, 0.717) is 0 Å². The zero-order chi connectivity index (χ0) is 20.9. The van der Waals surface area contributed by atoms with Gasteiger partial charge in [-0.2, -0.15) is 13.2 Å². The number of carbonyl (C=O) groups is 3. The summed E-state index contributed by atoms with van der Waals surface area (Å²) >= 11 is 0. The lowest BCUT2D eigenvalue weighted by Crippen LogP contribution is -2.56. The van der Waals surface area contributed by atoms with Crippen LogP contribution in [0.5, 0.6) is 0 Å². The first kappa shape index (κ1) is 24.3. The Balaban J connectivity index is 4.96. The normalized spacial score (nSPS) is 15.9. The summed E-state index contributed by atoms with van der Waals surface area (Å²) in [7, 11) is -3.69. The van der Waals surface area contributed by atoms with Crippen LogP contribution < -0.4 is 15.4 Å². The molecule has 0 aromatic rings. The highest BCUT2D eigenvalue weighted by Gasteiger charge is 2.42. The van der Waals surface area contributed by atoms with Crippen molar-refractivity contribution in [3.05, 3.63) is 0 Å². The first-order valence-corrected chi connectivity index (χ1v) is 9.49. The minimum absolute atomic E-state index is 0.253. The van der Waals surface area contributed by atoms with Crippen LogP contribution in [-0.2, 0) is 24.4 Å². The van der Waals surface area contributed by atoms with Crippen LogP contribution >= 0.6 is 0 Å². The van der Waals surface area contributed by atoms with Gasteiger partial charge in [0.25, 0.3) is 5.78 Å². The van der Waals surface area contributed by atoms with Gasteiger partial charge in [0.05, 0.1) is 11.8 Å². The van der Waals surface area contributed by atoms with Crippen molar-refractivity contribution in [3.8, 4) is 0 Å². The number of Topliss-reactive ketones (excluding diaryl/α,β-unsaturated/α-hetero) is 1. The zero-order valence-corrected chi connectivity index (χ0v) is 15.9. The van der Waals surface area contributed by atoms with Crippen molar-refractivity contribution in [1.29, 1.82) is 0 Å². The van der Waals surface area contributed by atoms with Crippen LogP contribution in [-0.4, -0.2) is 56.1 Å². The van der Waals surface area contributed by atoms with Crippen LogP contribution in [0.15, 0.2) is 0 Å². The molecule has 0 spiro atoms. The molecular weight excluding hydrogens is 379 g/mol. The minimum Gasteiger partial charge on any atom is -0.344 e. The van der Waals surface area contributed by atoms with Crippen LogP contribution in [0.3, 0.4) is 0 Å². The van der Waals surface area contributed by atoms with Gasteiger partial charge in [0.2, 0.25) is 21.8 Å². The molecule has 0 rings (SSSR count). The quantitative estimate of drug-likeness (QED) is 0.504. The smallest absolute Gasteiger partial charge is 0.344 e. The number of hydrogen-bond donors (Lipinski definition) is 3. The van der Waals surface area contributed by atoms with Crippen molar-refractivity contribution < 1.29 is 36.0 Å². The SMILES string of the molecule is CCS(=O)(=O)N[C@H](C(=O)N[C@@H](C)C(=O)N[C@@H](C)C(=O)C(F)(F)F)C(C)C. The van der Waals surface area contributed by atoms with Gasteiger partial charge in [0.15, 0.2) is 0 Å². The first-order valence-electron chi connectivity index (χ1n) is 7.84. The van der Waals surface area contributed by atoms with Gasteiger partial charge >= 0.3 is 6.18 Å². The molecule has 2 amide bonds. The fourth-order valence-corrected chi connectivity index (χ4v) is 2.72. The summed E-state index contributed by atoms with van der Waals surface area (Å²) in [6, 6.07) is -4.26. The summed E-state index contributed by atoms with van der Waals surface area (Å²) in [6.45, 7) is 6.61. The Kier molecular flexibility index (Phi) is 8.70. The Hall–Kier alpha value is -1.69. The Labute approximate surface area is 150 Å². The molecule has 12 heteroatoms. The molecule has 0 aromatic heterocycles. The number of rotatable bonds is 9. The number of nitrogens with one attached hydrogen (secondary N) is 3. The number of halogens is 3. The van der Waals surface area contributed by atoms with Gasteiger partial charge in [-0.15, -0.1) is 0 Å². The number of carbonyl (C=O) groups excluding carboxylic acids is 3. The van der Waals surface area contributed by atoms with Gasteiger partial charge < -0.3 is 10.6 Å². The van der Waals surface area contributed by atoms with E-state index in [1.807, 2.05) is 5.32 Å². The molecule has 0 unspecified atom stereocenters. The molecule has 3 N–H and O–H groups in total. The molecule has 0 aliphatic rings. The van der Waals surface area contributed by atoms with Gasteiger partial charge in [-0.05, 0) is 26.7 Å². The summed E-state index contributed by atoms with van der Waals surface area (Å²) in [5.41, 5.74) is 0. The standard InChI is InChI=1S/C14H24F3N3O5S/c1-6-26(24,25)20-10(7(2)3)13(23)19-9(5)12(22)18-8(4)11(21)14(15,16)17/h7-10,20H,6H2,1-5H3,(H,18,22)(H,19,23)/t8-,9-,10-/m0/s1. The lowest BCUT2D eigenvalue weighted by molar-refractivity contribution is -0.173. The Morgan fingerprint density at radius 2 is 1.38 bits per heavy atom. The number of sulfonamides is 1. The van der Waals surface area contributed by atoms with Crippen LogP contribution in [0, 0.1) is 5.92 Å². The third kappa shape index (κ3) is 7.68. The minimum atomic E-state index is -5.10. The second-order valence-electron chi connectivity index (χ2n) is 6.07. The number of ketones is 1. The predicted molar refractivity (Wildman–Crippen MR) is 87.5 cm³/mol. The van der Waals surface area contributed by atoms with Crippen LogP contribution in [0.25, 0.3) is 0 Å². The van der Waals surface area contributed by atoms with Crippen LogP contribution in [0.4, 0.5) is 13.2 Å². The number of hydrogen-bond acceptors (Lipinski definition) is 5. The molecular formula is C14H24F3N3O5S. The van der Waals surface area contributed by atoms with Crippen molar-refractivity contribution in [3.63, 3.8) is 0 Å². The van der Waals surface area contributed by atoms with Crippen LogP contribution in [0.1, 0.15) is 34.6 Å². The highest BCUT2D eigenvalue weighted by molar-refractivity contribution is 7.89. The maximum Gasteiger partial charge on any atom is 0.452 e. The van der Waals surface area contributed by atoms with E-state index in [4.69, 9.17) is 0 Å². The van der Waals surface area contributed by atoms with E-state index in [2.05, 4.69) is 10.0 Å². The topological polar surface area (TPSA) is 121 Å². The lowest BCUT2D eigenvalue weighted by atomic mass is 10.0. The molecule has 0 aliphatic carbocycles. The van der Waals surface area contributed by atoms with Gasteiger partial charge in [-0.25, -0.2) is 13.1 Å². The van der Waals surface area contributed by atoms with E-state index in [0.717, 1.165) is 6.92 Å². The van der Waals surface area contributed by atoms with E-state index < -0.39 is 57.8 Å². The summed E-state index contributed by atoms with van der Waals surface area (Å²) in [5.74, 6) is -4.65. The van der Waals surface area contributed by atoms with Crippen LogP contribution in [0.2, 0.25) is 0 Å². The van der Waals surface area contributed by atoms with Gasteiger partial charge in [0.1, 0.15) is 12.1 Å². The summed E-state index contributed by atoms with van der Waals surface area (Å²) in [4.78, 5) is 35.1. The van der Waals surface area contributed by atoms with E-state index >= 15 is 0 Å². The monoisotopic (exact) mass is 403 g/mol. The largest absolute Gasteiger partial charge is 0.452 e. The summed E-state index contributed by atoms with van der Waals surface area (Å²) in [6.07, 6.45) is -5.10. The molecule has 0 heterocycles. The lowest BCUT2D eigenvalue weighted by Gasteiger charge is -2.24. The second-order valence-corrected chi connectivity index (χ2v) is 8.11. The van der Waals surface area contributed by atoms with Crippen molar-refractivity contribution in [2.75, 3.05) is 5.75 Å². The maximum atomic E-state index is 12.3. The Morgan fingerprint density at radius 1 is 0.923 bits per heavy atom. The molecule has 0 saturated carbocycles. The van der Waals surface area contributed by atoms with E-state index in [1.165, 1.54) is 13.8 Å². The van der Waals surface area contributed by atoms with Crippen molar-refractivity contribution in [1.82, 2.24) is 15.4 Å². The molecule has 26 heavy (non-hydrogen) atoms. The molecule has 0 fully saturated rings. The Bertz CT molecular complexity index is 634. The number of alkyl halides is 3. The molecule has 8 nitrogen and oxygen atoms in total. The van der Waals surface area contributed by atoms with Gasteiger partial charge in [-0.1, -0.05) is 13.8 Å². The maximum absolute atomic E-state index is 12.3. The highest BCUT2D eigenvalue weighted by atomic mass is 32.2. The van der Waals surface area contributed by atoms with Gasteiger partial charge in [-0.3, -0.25) is 14.4 Å². The molecule has 0 aromatic carbocycles. The summed E-state index contributed by atoms with van der Waals surface area (Å²) < 4.78 is 62.4. The van der Waals surface area contributed by atoms with Gasteiger partial charge in [0, 0.05) is 0 Å². The zero-order valence-electron chi connectivity index (χ0n) is 15.1. The van der Waals surface area contributed by atoms with Crippen molar-refractivity contribution >= 4 is 27.6 Å². The molecule has 3 atom stereocenters. The Morgan fingerprint density at radius 3 is 1.77 bits per heavy atom. The average molecular weight is 403 g/mol. The fraction of sp³-hybridized carbons (Fsp3) is 0.786. The molecule has 0 saturated heterocycles. The molecule has 0 bridgehead atoms. The van der Waals surface area contributed by atoms with E-state index in [9.17, 15) is 36.0 Å². The number of amides is 2. The van der Waals surface area contributed by atoms with E-state index in [-0.39, 0.29) is 5.75 Å². The summed E-state index contributed by atoms with van der Waals surface area (Å²) in [5, 5.41) is 4.08. The fourth-order valence-electron chi connectivity index (χ4n) is 1.79. The molecule has 0 aliphatic heterocycles. The highest BCUT2D eigenvalue weighted by Crippen LogP contribution is 2.17. The average Bonchev–Trinajstić information content (AvgIpc) is 2.50. The molecule has 152 valence electrons. The molecule has 0 radical (unpaired) electrons. The van der Waals surface area contributed by atoms with E-state index in [1.54, 1.807) is 13.8 Å². The first-order chi connectivity index (χ1) is 11.6. The third-order valence-electron chi connectivity index (χ3n) is 3.42. The third-order valence-corrected chi connectivity index (χ3v) is 4.79. The second kappa shape index (κ2) is 9.31. The predicted octanol–water partition coefficient (Wildman–Crippen LogP) is 0.0911. The van der Waals surface area contributed by atoms with Crippen molar-refractivity contribution in [2.45, 2.75) is 58.9 Å². The van der Waals surface area contributed by atoms with Crippen molar-refractivity contribution in [2.24, 2.45) is 5.92 Å².